The summed E-state index contributed by atoms with van der Waals surface area (Å²) in [5, 5.41) is 0.957. The number of rotatable bonds is 4. The minimum Gasteiger partial charge on any atom is -0.289 e. The van der Waals surface area contributed by atoms with E-state index in [0.717, 1.165) is 25.7 Å². The highest BCUT2D eigenvalue weighted by Gasteiger charge is 2.11. The number of hydrogen-bond acceptors (Lipinski definition) is 5. The number of carbonyl (C=O) groups excluding carboxylic acids is 1. The number of nitrogens with two attached hydrogens (primary N) is 1. The summed E-state index contributed by atoms with van der Waals surface area (Å²) < 4.78 is 0.963. The number of pyridine rings is 1. The van der Waals surface area contributed by atoms with Gasteiger partial charge in [-0.15, -0.1) is 23.1 Å². The lowest BCUT2D eigenvalue weighted by Gasteiger charge is -2.00. The molecule has 100 valence electrons. The molecule has 19 heavy (non-hydrogen) atoms. The number of nitrogen functional groups attached to an aromatic ring is 1. The normalized spacial score (nSPS) is 10.5. The van der Waals surface area contributed by atoms with Gasteiger partial charge in [0, 0.05) is 21.3 Å². The van der Waals surface area contributed by atoms with E-state index < -0.39 is 0 Å². The predicted molar refractivity (Wildman–Crippen MR) is 82.2 cm³/mol. The Labute approximate surface area is 127 Å². The molecule has 3 N–H and O–H groups in total. The van der Waals surface area contributed by atoms with E-state index in [9.17, 15) is 4.79 Å². The van der Waals surface area contributed by atoms with Gasteiger partial charge < -0.3 is 0 Å². The second-order valence-corrected chi connectivity index (χ2v) is 6.94. The lowest BCUT2D eigenvalue weighted by atomic mass is 10.3. The first-order valence-electron chi connectivity index (χ1n) is 5.44. The molecule has 0 aliphatic carbocycles. The highest BCUT2D eigenvalue weighted by molar-refractivity contribution is 9.10. The molecule has 0 atom stereocenters. The molecule has 0 bridgehead atoms. The monoisotopic (exact) mass is 357 g/mol. The maximum atomic E-state index is 11.4. The van der Waals surface area contributed by atoms with Crippen LogP contribution in [0.2, 0.25) is 0 Å². The van der Waals surface area contributed by atoms with Gasteiger partial charge in [0.15, 0.2) is 0 Å². The summed E-state index contributed by atoms with van der Waals surface area (Å²) >= 11 is 6.45. The Kier molecular flexibility index (Phi) is 4.98. The molecular formula is C12H12BrN3OS2. The summed E-state index contributed by atoms with van der Waals surface area (Å²) in [6, 6.07) is 5.81. The number of aryl methyl sites for hydroxylation is 1. The number of thioether (sulfide) groups is 1. The van der Waals surface area contributed by atoms with Gasteiger partial charge in [-0.05, 0) is 46.6 Å². The number of nitrogens with zero attached hydrogens (tertiary/aromatic N) is 1. The van der Waals surface area contributed by atoms with Gasteiger partial charge in [-0.1, -0.05) is 0 Å². The number of nitrogens with one attached hydrogen (secondary N) is 1. The van der Waals surface area contributed by atoms with Crippen molar-refractivity contribution in [2.75, 3.05) is 0 Å². The average molecular weight is 358 g/mol. The van der Waals surface area contributed by atoms with Gasteiger partial charge in [0.2, 0.25) is 0 Å². The van der Waals surface area contributed by atoms with E-state index in [0.29, 0.717) is 4.88 Å². The fourth-order valence-electron chi connectivity index (χ4n) is 1.45. The molecule has 0 radical (unpaired) electrons. The van der Waals surface area contributed by atoms with E-state index in [1.807, 2.05) is 25.1 Å². The Morgan fingerprint density at radius 3 is 3.00 bits per heavy atom. The molecule has 4 nitrogen and oxygen atoms in total. The topological polar surface area (TPSA) is 68.0 Å². The van der Waals surface area contributed by atoms with Gasteiger partial charge in [0.05, 0.1) is 9.90 Å². The van der Waals surface area contributed by atoms with Crippen molar-refractivity contribution in [3.05, 3.63) is 44.2 Å². The lowest BCUT2D eigenvalue weighted by molar-refractivity contribution is 0.0957. The van der Waals surface area contributed by atoms with Crippen LogP contribution in [-0.4, -0.2) is 10.9 Å². The highest BCUT2D eigenvalue weighted by atomic mass is 79.9. The highest BCUT2D eigenvalue weighted by Crippen LogP contribution is 2.28. The van der Waals surface area contributed by atoms with Crippen LogP contribution in [-0.2, 0) is 5.75 Å². The van der Waals surface area contributed by atoms with Crippen LogP contribution in [0.1, 0.15) is 20.1 Å². The van der Waals surface area contributed by atoms with E-state index in [1.165, 1.54) is 11.3 Å². The molecule has 0 aliphatic rings. The van der Waals surface area contributed by atoms with Crippen LogP contribution in [0.3, 0.4) is 0 Å². The number of aromatic nitrogens is 1. The number of carbonyl (C=O) groups is 1. The van der Waals surface area contributed by atoms with Crippen molar-refractivity contribution in [2.24, 2.45) is 5.84 Å². The van der Waals surface area contributed by atoms with Gasteiger partial charge >= 0.3 is 0 Å². The molecule has 2 aromatic rings. The fraction of sp³-hybridized carbons (Fsp3) is 0.167. The second-order valence-electron chi connectivity index (χ2n) is 3.77. The Hall–Kier alpha value is -0.890. The maximum Gasteiger partial charge on any atom is 0.275 e. The Balaban J connectivity index is 2.05. The lowest BCUT2D eigenvalue weighted by Crippen LogP contribution is -2.29. The van der Waals surface area contributed by atoms with Crippen LogP contribution in [0.25, 0.3) is 0 Å². The number of hydrogen-bond donors (Lipinski definition) is 2. The first kappa shape index (κ1) is 14.5. The molecule has 2 aromatic heterocycles. The predicted octanol–water partition coefficient (Wildman–Crippen LogP) is 3.11. The van der Waals surface area contributed by atoms with E-state index >= 15 is 0 Å². The summed E-state index contributed by atoms with van der Waals surface area (Å²) in [6.07, 6.45) is 1.77. The Bertz CT molecular complexity index is 583. The third-order valence-corrected chi connectivity index (χ3v) is 5.00. The molecule has 1 amide bonds. The SMILES string of the molecule is Cc1sc(C(=O)NN)cc1CSc1ccc(Br)cn1. The number of halogens is 1. The average Bonchev–Trinajstić information content (AvgIpc) is 2.79. The van der Waals surface area contributed by atoms with E-state index in [4.69, 9.17) is 5.84 Å². The van der Waals surface area contributed by atoms with Crippen LogP contribution >= 0.6 is 39.0 Å². The molecule has 0 unspecified atom stereocenters. The van der Waals surface area contributed by atoms with Crippen molar-refractivity contribution in [3.8, 4) is 0 Å². The van der Waals surface area contributed by atoms with Gasteiger partial charge in [-0.2, -0.15) is 0 Å². The Morgan fingerprint density at radius 1 is 1.58 bits per heavy atom. The number of hydrazine groups is 1. The number of amides is 1. The van der Waals surface area contributed by atoms with Crippen molar-refractivity contribution in [1.29, 1.82) is 0 Å². The van der Waals surface area contributed by atoms with Gasteiger partial charge in [-0.25, -0.2) is 10.8 Å². The van der Waals surface area contributed by atoms with Crippen molar-refractivity contribution >= 4 is 44.9 Å². The van der Waals surface area contributed by atoms with Crippen LogP contribution < -0.4 is 11.3 Å². The summed E-state index contributed by atoms with van der Waals surface area (Å²) in [5.41, 5.74) is 3.29. The van der Waals surface area contributed by atoms with Crippen molar-refractivity contribution < 1.29 is 4.79 Å². The molecular weight excluding hydrogens is 346 g/mol. The first-order valence-corrected chi connectivity index (χ1v) is 8.04. The quantitative estimate of drug-likeness (QED) is 0.381. The van der Waals surface area contributed by atoms with Gasteiger partial charge in [0.1, 0.15) is 0 Å². The summed E-state index contributed by atoms with van der Waals surface area (Å²) in [4.78, 5) is 17.5. The zero-order chi connectivity index (χ0) is 13.8. The van der Waals surface area contributed by atoms with Crippen LogP contribution in [0.4, 0.5) is 0 Å². The van der Waals surface area contributed by atoms with Gasteiger partial charge in [0.25, 0.3) is 5.91 Å². The Morgan fingerprint density at radius 2 is 2.37 bits per heavy atom. The fourth-order valence-corrected chi connectivity index (χ4v) is 3.61. The molecule has 2 rings (SSSR count). The van der Waals surface area contributed by atoms with E-state index in [2.05, 4.69) is 26.3 Å². The van der Waals surface area contributed by atoms with Crippen LogP contribution in [0.5, 0.6) is 0 Å². The smallest absolute Gasteiger partial charge is 0.275 e. The number of thiophene rings is 1. The maximum absolute atomic E-state index is 11.4. The van der Waals surface area contributed by atoms with E-state index in [-0.39, 0.29) is 5.91 Å². The minimum atomic E-state index is -0.244. The molecule has 0 saturated heterocycles. The van der Waals surface area contributed by atoms with Crippen molar-refractivity contribution in [1.82, 2.24) is 10.4 Å². The molecule has 0 aliphatic heterocycles. The van der Waals surface area contributed by atoms with Gasteiger partial charge in [-0.3, -0.25) is 10.2 Å². The molecule has 0 saturated carbocycles. The molecule has 0 fully saturated rings. The summed E-state index contributed by atoms with van der Waals surface area (Å²) in [6.45, 7) is 2.00. The van der Waals surface area contributed by atoms with Crippen molar-refractivity contribution in [2.45, 2.75) is 17.7 Å². The van der Waals surface area contributed by atoms with Crippen LogP contribution in [0.15, 0.2) is 33.9 Å². The molecule has 0 aromatic carbocycles. The standard InChI is InChI=1S/C12H12BrN3OS2/c1-7-8(4-10(19-7)12(17)16-14)6-18-11-3-2-9(13)5-15-11/h2-5H,6,14H2,1H3,(H,16,17). The zero-order valence-corrected chi connectivity index (χ0v) is 13.4. The molecule has 2 heterocycles. The molecule has 7 heteroatoms. The largest absolute Gasteiger partial charge is 0.289 e. The second kappa shape index (κ2) is 6.51. The zero-order valence-electron chi connectivity index (χ0n) is 10.1. The minimum absolute atomic E-state index is 0.244. The van der Waals surface area contributed by atoms with E-state index in [1.54, 1.807) is 18.0 Å². The summed E-state index contributed by atoms with van der Waals surface area (Å²) in [7, 11) is 0. The third kappa shape index (κ3) is 3.79. The van der Waals surface area contributed by atoms with Crippen molar-refractivity contribution in [3.63, 3.8) is 0 Å². The molecule has 0 spiro atoms. The summed E-state index contributed by atoms with van der Waals surface area (Å²) in [5.74, 6) is 5.67. The third-order valence-electron chi connectivity index (χ3n) is 2.45. The van der Waals surface area contributed by atoms with Crippen LogP contribution in [0, 0.1) is 6.92 Å². The first-order chi connectivity index (χ1) is 9.10.